The summed E-state index contributed by atoms with van der Waals surface area (Å²) in [6, 6.07) is 5.11. The maximum absolute atomic E-state index is 13.0. The average Bonchev–Trinajstić information content (AvgIpc) is 3.13. The maximum Gasteiger partial charge on any atom is 0.422 e. The van der Waals surface area contributed by atoms with E-state index in [2.05, 4.69) is 9.47 Å². The van der Waals surface area contributed by atoms with E-state index in [0.29, 0.717) is 0 Å². The quantitative estimate of drug-likeness (QED) is 0.540. The molecule has 1 aromatic carbocycles. The van der Waals surface area contributed by atoms with Gasteiger partial charge in [-0.05, 0) is 11.4 Å². The predicted octanol–water partition coefficient (Wildman–Crippen LogP) is 4.77. The van der Waals surface area contributed by atoms with Crippen LogP contribution in [0.5, 0.6) is 11.5 Å². The highest BCUT2D eigenvalue weighted by Crippen LogP contribution is 2.31. The minimum atomic E-state index is -4.74. The van der Waals surface area contributed by atoms with Crippen LogP contribution in [-0.4, -0.2) is 40.2 Å². The fraction of sp³-hybridized carbons (Fsp3) is 0.333. The van der Waals surface area contributed by atoms with Gasteiger partial charge in [0.1, 0.15) is 15.7 Å². The van der Waals surface area contributed by atoms with Crippen molar-refractivity contribution in [2.24, 2.45) is 0 Å². The third-order valence-electron chi connectivity index (χ3n) is 3.05. The monoisotopic (exact) mass is 467 g/mol. The Balaban J connectivity index is 2.29. The molecule has 29 heavy (non-hydrogen) atoms. The third-order valence-corrected chi connectivity index (χ3v) is 5.82. The van der Waals surface area contributed by atoms with Crippen molar-refractivity contribution in [1.82, 2.24) is 0 Å². The van der Waals surface area contributed by atoms with E-state index in [0.717, 1.165) is 29.5 Å². The van der Waals surface area contributed by atoms with Gasteiger partial charge in [-0.3, -0.25) is 4.72 Å². The summed E-state index contributed by atoms with van der Waals surface area (Å²) >= 11 is 0.844. The zero-order valence-corrected chi connectivity index (χ0v) is 15.7. The zero-order valence-electron chi connectivity index (χ0n) is 14.1. The second-order valence-corrected chi connectivity index (χ2v) is 8.34. The summed E-state index contributed by atoms with van der Waals surface area (Å²) < 4.78 is 123. The Morgan fingerprint density at radius 2 is 1.59 bits per heavy atom. The molecule has 5 nitrogen and oxygen atoms in total. The number of anilines is 1. The van der Waals surface area contributed by atoms with Crippen LogP contribution >= 0.6 is 11.3 Å². The zero-order chi connectivity index (χ0) is 21.9. The number of benzene rings is 1. The molecule has 1 heterocycles. The number of thiophene rings is 1. The van der Waals surface area contributed by atoms with E-state index in [9.17, 15) is 39.2 Å². The number of halogens is 7. The summed E-state index contributed by atoms with van der Waals surface area (Å²) in [6.07, 6.45) is -8.78. The van der Waals surface area contributed by atoms with Crippen LogP contribution in [0.15, 0.2) is 39.9 Å². The molecule has 0 aliphatic carbocycles. The van der Waals surface area contributed by atoms with Crippen molar-refractivity contribution in [2.75, 3.05) is 17.9 Å². The third kappa shape index (κ3) is 6.96. The van der Waals surface area contributed by atoms with Crippen LogP contribution in [0.3, 0.4) is 0 Å². The maximum atomic E-state index is 13.0. The average molecular weight is 467 g/mol. The molecule has 0 radical (unpaired) electrons. The molecule has 14 heteroatoms. The first-order valence-electron chi connectivity index (χ1n) is 7.48. The molecule has 0 aliphatic heterocycles. The summed E-state index contributed by atoms with van der Waals surface area (Å²) in [5.74, 6) is -5.71. The lowest BCUT2D eigenvalue weighted by atomic mass is 10.3. The number of rotatable bonds is 9. The molecule has 2 aromatic rings. The predicted molar refractivity (Wildman–Crippen MR) is 89.6 cm³/mol. The van der Waals surface area contributed by atoms with Crippen molar-refractivity contribution in [2.45, 2.75) is 22.7 Å². The van der Waals surface area contributed by atoms with E-state index in [4.69, 9.17) is 0 Å². The molecule has 0 aliphatic rings. The minimum absolute atomic E-state index is 0.134. The van der Waals surface area contributed by atoms with E-state index in [1.165, 1.54) is 17.5 Å². The van der Waals surface area contributed by atoms with Gasteiger partial charge in [-0.25, -0.2) is 17.2 Å². The van der Waals surface area contributed by atoms with Crippen LogP contribution in [0.25, 0.3) is 0 Å². The van der Waals surface area contributed by atoms with E-state index < -0.39 is 53.3 Å². The van der Waals surface area contributed by atoms with Gasteiger partial charge in [0.25, 0.3) is 10.0 Å². The molecular formula is C15H12F7NO4S2. The number of alkyl halides is 7. The first-order chi connectivity index (χ1) is 13.3. The van der Waals surface area contributed by atoms with Crippen LogP contribution in [0.4, 0.5) is 36.4 Å². The van der Waals surface area contributed by atoms with Crippen LogP contribution in [-0.2, 0) is 10.0 Å². The van der Waals surface area contributed by atoms with E-state index in [-0.39, 0.29) is 9.90 Å². The van der Waals surface area contributed by atoms with Crippen molar-refractivity contribution < 1.29 is 48.6 Å². The molecule has 0 unspecified atom stereocenters. The van der Waals surface area contributed by atoms with Gasteiger partial charge in [-0.1, -0.05) is 6.07 Å². The van der Waals surface area contributed by atoms with Crippen LogP contribution in [0.1, 0.15) is 0 Å². The van der Waals surface area contributed by atoms with E-state index >= 15 is 0 Å². The molecule has 0 saturated carbocycles. The second-order valence-electron chi connectivity index (χ2n) is 5.48. The normalized spacial score (nSPS) is 12.8. The molecule has 0 saturated heterocycles. The molecule has 1 N–H and O–H groups in total. The van der Waals surface area contributed by atoms with Gasteiger partial charge in [0.2, 0.25) is 0 Å². The smallest absolute Gasteiger partial charge is 0.422 e. The Hall–Kier alpha value is -2.22. The van der Waals surface area contributed by atoms with Crippen molar-refractivity contribution in [3.05, 3.63) is 35.7 Å². The van der Waals surface area contributed by atoms with Gasteiger partial charge in [0.15, 0.2) is 13.2 Å². The fourth-order valence-electron chi connectivity index (χ4n) is 1.83. The first-order valence-corrected chi connectivity index (χ1v) is 9.84. The highest BCUT2D eigenvalue weighted by atomic mass is 32.2. The standard InChI is InChI=1S/C15H12F7NO4S2/c16-13(17)14(18,19)7-26-10-4-9(5-11(6-10)27-8-15(20,21)22)23-29(24,25)12-2-1-3-28-12/h1-6,13,23H,7-8H2. The lowest BCUT2D eigenvalue weighted by molar-refractivity contribution is -0.153. The Labute approximate surface area is 164 Å². The molecule has 0 amide bonds. The Morgan fingerprint density at radius 1 is 1.00 bits per heavy atom. The van der Waals surface area contributed by atoms with Crippen LogP contribution in [0, 0.1) is 0 Å². The van der Waals surface area contributed by atoms with Gasteiger partial charge < -0.3 is 9.47 Å². The number of hydrogen-bond donors (Lipinski definition) is 1. The Morgan fingerprint density at radius 3 is 2.07 bits per heavy atom. The molecule has 0 spiro atoms. The largest absolute Gasteiger partial charge is 0.487 e. The van der Waals surface area contributed by atoms with Crippen molar-refractivity contribution in [3.63, 3.8) is 0 Å². The number of ether oxygens (including phenoxy) is 2. The number of nitrogens with one attached hydrogen (secondary N) is 1. The summed E-state index contributed by atoms with van der Waals surface area (Å²) in [4.78, 5) is 0. The lowest BCUT2D eigenvalue weighted by Gasteiger charge is -2.18. The van der Waals surface area contributed by atoms with Gasteiger partial charge in [-0.2, -0.15) is 22.0 Å². The number of hydrogen-bond acceptors (Lipinski definition) is 5. The Kier molecular flexibility index (Phi) is 6.88. The molecular weight excluding hydrogens is 455 g/mol. The molecule has 0 fully saturated rings. The van der Waals surface area contributed by atoms with Crippen molar-refractivity contribution >= 4 is 27.0 Å². The first kappa shape index (κ1) is 23.1. The lowest BCUT2D eigenvalue weighted by Crippen LogP contribution is -2.33. The van der Waals surface area contributed by atoms with E-state index in [1.54, 1.807) is 0 Å². The molecule has 0 atom stereocenters. The van der Waals surface area contributed by atoms with Crippen molar-refractivity contribution in [3.8, 4) is 11.5 Å². The molecule has 162 valence electrons. The van der Waals surface area contributed by atoms with Gasteiger partial charge in [-0.15, -0.1) is 11.3 Å². The molecule has 2 rings (SSSR count). The van der Waals surface area contributed by atoms with Crippen LogP contribution < -0.4 is 14.2 Å². The minimum Gasteiger partial charge on any atom is -0.487 e. The van der Waals surface area contributed by atoms with Gasteiger partial charge >= 0.3 is 18.5 Å². The summed E-state index contributed by atoms with van der Waals surface area (Å²) in [5.41, 5.74) is -0.381. The highest BCUT2D eigenvalue weighted by Gasteiger charge is 2.41. The van der Waals surface area contributed by atoms with Gasteiger partial charge in [0, 0.05) is 18.2 Å². The summed E-state index contributed by atoms with van der Waals surface area (Å²) in [5, 5.41) is 1.46. The summed E-state index contributed by atoms with van der Waals surface area (Å²) in [6.45, 7) is -3.55. The van der Waals surface area contributed by atoms with Gasteiger partial charge in [0.05, 0.1) is 5.69 Å². The Bertz CT molecular complexity index is 915. The topological polar surface area (TPSA) is 64.6 Å². The fourth-order valence-corrected chi connectivity index (χ4v) is 3.86. The van der Waals surface area contributed by atoms with Crippen LogP contribution in [0.2, 0.25) is 0 Å². The summed E-state index contributed by atoms with van der Waals surface area (Å²) in [7, 11) is -4.14. The van der Waals surface area contributed by atoms with Crippen molar-refractivity contribution in [1.29, 1.82) is 0 Å². The highest BCUT2D eigenvalue weighted by molar-refractivity contribution is 7.94. The SMILES string of the molecule is O=S(=O)(Nc1cc(OCC(F)(F)F)cc(OCC(F)(F)C(F)F)c1)c1cccs1. The second kappa shape index (κ2) is 8.65. The number of sulfonamides is 1. The van der Waals surface area contributed by atoms with E-state index in [1.807, 2.05) is 4.72 Å². The molecule has 0 bridgehead atoms. The molecule has 1 aromatic heterocycles.